The molecule has 0 bridgehead atoms. The lowest BCUT2D eigenvalue weighted by Crippen LogP contribution is -2.27. The van der Waals surface area contributed by atoms with Gasteiger partial charge in [-0.05, 0) is 24.3 Å². The molecule has 5 heteroatoms. The summed E-state index contributed by atoms with van der Waals surface area (Å²) < 4.78 is 0. The Hall–Kier alpha value is -1.75. The number of hydrogen-bond donors (Lipinski definition) is 1. The number of hydrogen-bond acceptors (Lipinski definition) is 4. The van der Waals surface area contributed by atoms with Gasteiger partial charge < -0.3 is 5.73 Å². The average molecular weight is 245 g/mol. The van der Waals surface area contributed by atoms with Crippen molar-refractivity contribution in [1.29, 1.82) is 0 Å². The number of nitrogens with two attached hydrogens (primary N) is 1. The van der Waals surface area contributed by atoms with Gasteiger partial charge in [0.2, 0.25) is 5.96 Å². The van der Waals surface area contributed by atoms with Gasteiger partial charge in [-0.1, -0.05) is 12.1 Å². The summed E-state index contributed by atoms with van der Waals surface area (Å²) in [7, 11) is 0. The van der Waals surface area contributed by atoms with Crippen molar-refractivity contribution in [1.82, 2.24) is 0 Å². The van der Waals surface area contributed by atoms with Gasteiger partial charge in [-0.3, -0.25) is 4.79 Å². The maximum Gasteiger partial charge on any atom is 0.281 e. The van der Waals surface area contributed by atoms with E-state index in [1.165, 1.54) is 4.88 Å². The van der Waals surface area contributed by atoms with Gasteiger partial charge in [0.1, 0.15) is 0 Å². The van der Waals surface area contributed by atoms with Gasteiger partial charge >= 0.3 is 0 Å². The third-order valence-electron chi connectivity index (χ3n) is 3.00. The molecule has 86 valence electrons. The molecule has 0 aromatic carbocycles. The number of allylic oxidation sites excluding steroid dienone is 1. The molecule has 0 radical (unpaired) electrons. The number of aliphatic imine (C=N–C) groups is 2. The van der Waals surface area contributed by atoms with Crippen molar-refractivity contribution in [3.8, 4) is 0 Å². The van der Waals surface area contributed by atoms with Gasteiger partial charge in [-0.2, -0.15) is 4.99 Å². The van der Waals surface area contributed by atoms with Crippen LogP contribution < -0.4 is 5.73 Å². The first-order chi connectivity index (χ1) is 8.24. The van der Waals surface area contributed by atoms with Gasteiger partial charge in [-0.25, -0.2) is 4.99 Å². The molecule has 4 nitrogen and oxygen atoms in total. The van der Waals surface area contributed by atoms with Crippen LogP contribution in [0.3, 0.4) is 0 Å². The van der Waals surface area contributed by atoms with E-state index < -0.39 is 0 Å². The topological polar surface area (TPSA) is 67.8 Å². The minimum absolute atomic E-state index is 0.0778. The highest BCUT2D eigenvalue weighted by Crippen LogP contribution is 2.34. The molecule has 1 aromatic heterocycles. The summed E-state index contributed by atoms with van der Waals surface area (Å²) in [4.78, 5) is 20.8. The first-order valence-electron chi connectivity index (χ1n) is 5.44. The fourth-order valence-electron chi connectivity index (χ4n) is 2.19. The smallest absolute Gasteiger partial charge is 0.281 e. The van der Waals surface area contributed by atoms with E-state index in [0.717, 1.165) is 18.6 Å². The predicted molar refractivity (Wildman–Crippen MR) is 68.4 cm³/mol. The van der Waals surface area contributed by atoms with Crippen molar-refractivity contribution in [2.75, 3.05) is 0 Å². The van der Waals surface area contributed by atoms with Gasteiger partial charge in [0, 0.05) is 10.8 Å². The van der Waals surface area contributed by atoms with Crippen molar-refractivity contribution in [3.05, 3.63) is 34.0 Å². The van der Waals surface area contributed by atoms with E-state index in [2.05, 4.69) is 21.4 Å². The summed E-state index contributed by atoms with van der Waals surface area (Å²) in [6.45, 7) is 0. The van der Waals surface area contributed by atoms with Crippen LogP contribution >= 0.6 is 11.3 Å². The third-order valence-corrected chi connectivity index (χ3v) is 4.03. The molecular weight excluding hydrogens is 234 g/mol. The molecule has 2 N–H and O–H groups in total. The number of guanidine groups is 1. The molecule has 2 aliphatic rings. The Morgan fingerprint density at radius 2 is 2.29 bits per heavy atom. The zero-order valence-electron chi connectivity index (χ0n) is 9.09. The van der Waals surface area contributed by atoms with Crippen molar-refractivity contribution in [2.24, 2.45) is 15.7 Å². The van der Waals surface area contributed by atoms with E-state index in [1.807, 2.05) is 12.1 Å². The fraction of sp³-hybridized carbons (Fsp3) is 0.250. The van der Waals surface area contributed by atoms with E-state index in [1.54, 1.807) is 11.3 Å². The van der Waals surface area contributed by atoms with Crippen LogP contribution in [-0.4, -0.2) is 17.6 Å². The molecular formula is C12H11N3OS. The Labute approximate surface area is 103 Å². The summed E-state index contributed by atoms with van der Waals surface area (Å²) >= 11 is 1.74. The highest BCUT2D eigenvalue weighted by atomic mass is 32.1. The third kappa shape index (κ3) is 1.82. The Kier molecular flexibility index (Phi) is 2.40. The fourth-order valence-corrected chi connectivity index (χ4v) is 3.03. The second-order valence-corrected chi connectivity index (χ2v) is 5.08. The Morgan fingerprint density at radius 3 is 3.06 bits per heavy atom. The molecule has 1 amide bonds. The van der Waals surface area contributed by atoms with Crippen LogP contribution in [0.5, 0.6) is 0 Å². The predicted octanol–water partition coefficient (Wildman–Crippen LogP) is 1.85. The number of nitrogens with zero attached hydrogens (tertiary/aromatic N) is 2. The largest absolute Gasteiger partial charge is 0.368 e. The first kappa shape index (κ1) is 10.4. The highest BCUT2D eigenvalue weighted by Gasteiger charge is 2.28. The van der Waals surface area contributed by atoms with Crippen LogP contribution in [0.4, 0.5) is 0 Å². The number of carbonyl (C=O) groups excluding carboxylic acids is 1. The molecule has 1 unspecified atom stereocenters. The molecule has 17 heavy (non-hydrogen) atoms. The molecule has 0 saturated heterocycles. The van der Waals surface area contributed by atoms with Crippen LogP contribution in [0.25, 0.3) is 0 Å². The normalized spacial score (nSPS) is 23.6. The minimum atomic E-state index is -0.253. The number of amides is 1. The second kappa shape index (κ2) is 3.92. The Balaban J connectivity index is 1.94. The summed E-state index contributed by atoms with van der Waals surface area (Å²) in [6, 6.07) is 4.17. The second-order valence-electron chi connectivity index (χ2n) is 4.10. The number of rotatable bonds is 1. The summed E-state index contributed by atoms with van der Waals surface area (Å²) in [5, 5.41) is 2.07. The highest BCUT2D eigenvalue weighted by molar-refractivity contribution is 7.10. The summed E-state index contributed by atoms with van der Waals surface area (Å²) in [6.07, 6.45) is 3.58. The lowest BCUT2D eigenvalue weighted by molar-refractivity contribution is -0.114. The van der Waals surface area contributed by atoms with Crippen LogP contribution in [0.2, 0.25) is 0 Å². The SMILES string of the molecule is NC1=NC(=O)C2=CCC(c3cccs3)CC2=N1. The van der Waals surface area contributed by atoms with Gasteiger partial charge in [-0.15, -0.1) is 11.3 Å². The number of fused-ring (bicyclic) bond motifs is 1. The lowest BCUT2D eigenvalue weighted by Gasteiger charge is -2.23. The number of carbonyl (C=O) groups is 1. The van der Waals surface area contributed by atoms with Crippen LogP contribution in [0.1, 0.15) is 23.6 Å². The van der Waals surface area contributed by atoms with E-state index in [9.17, 15) is 4.79 Å². The molecule has 1 aliphatic carbocycles. The van der Waals surface area contributed by atoms with Gasteiger partial charge in [0.05, 0.1) is 11.3 Å². The molecule has 0 saturated carbocycles. The van der Waals surface area contributed by atoms with E-state index >= 15 is 0 Å². The van der Waals surface area contributed by atoms with Crippen molar-refractivity contribution in [3.63, 3.8) is 0 Å². The zero-order chi connectivity index (χ0) is 11.8. The lowest BCUT2D eigenvalue weighted by atomic mass is 9.86. The van der Waals surface area contributed by atoms with Gasteiger partial charge in [0.25, 0.3) is 5.91 Å². The van der Waals surface area contributed by atoms with Crippen molar-refractivity contribution < 1.29 is 4.79 Å². The summed E-state index contributed by atoms with van der Waals surface area (Å²) in [5.74, 6) is 0.238. The molecule has 2 heterocycles. The van der Waals surface area contributed by atoms with Crippen LogP contribution in [-0.2, 0) is 4.79 Å². The average Bonchev–Trinajstić information content (AvgIpc) is 2.81. The number of thiophene rings is 1. The molecule has 0 fully saturated rings. The molecule has 1 aliphatic heterocycles. The van der Waals surface area contributed by atoms with E-state index in [-0.39, 0.29) is 11.9 Å². The molecule has 3 rings (SSSR count). The van der Waals surface area contributed by atoms with E-state index in [0.29, 0.717) is 11.5 Å². The van der Waals surface area contributed by atoms with Gasteiger partial charge in [0.15, 0.2) is 0 Å². The van der Waals surface area contributed by atoms with Crippen LogP contribution in [0, 0.1) is 0 Å². The molecule has 1 aromatic rings. The maximum atomic E-state index is 11.6. The van der Waals surface area contributed by atoms with Crippen LogP contribution in [0.15, 0.2) is 39.1 Å². The molecule has 0 spiro atoms. The minimum Gasteiger partial charge on any atom is -0.368 e. The first-order valence-corrected chi connectivity index (χ1v) is 6.32. The zero-order valence-corrected chi connectivity index (χ0v) is 9.91. The monoisotopic (exact) mass is 245 g/mol. The maximum absolute atomic E-state index is 11.6. The standard InChI is InChI=1S/C12H11N3OS/c13-12-14-9-6-7(10-2-1-5-17-10)3-4-8(9)11(16)15-12/h1-2,4-5,7H,3,6H2,(H2,13,15,16). The van der Waals surface area contributed by atoms with E-state index in [4.69, 9.17) is 5.73 Å². The summed E-state index contributed by atoms with van der Waals surface area (Å²) in [5.41, 5.74) is 6.93. The van der Waals surface area contributed by atoms with Crippen molar-refractivity contribution >= 4 is 28.9 Å². The Bertz CT molecular complexity index is 554. The molecule has 1 atom stereocenters. The van der Waals surface area contributed by atoms with Crippen molar-refractivity contribution in [2.45, 2.75) is 18.8 Å². The Morgan fingerprint density at radius 1 is 1.41 bits per heavy atom. The quantitative estimate of drug-likeness (QED) is 0.820.